The minimum atomic E-state index is -3.85. The Kier molecular flexibility index (Phi) is 2.98. The van der Waals surface area contributed by atoms with Crippen molar-refractivity contribution in [1.29, 1.82) is 0 Å². The highest BCUT2D eigenvalue weighted by Crippen LogP contribution is 2.11. The molecule has 9 heteroatoms. The average Bonchev–Trinajstić information content (AvgIpc) is 2.81. The van der Waals surface area contributed by atoms with E-state index < -0.39 is 16.0 Å². The van der Waals surface area contributed by atoms with Crippen molar-refractivity contribution in [3.63, 3.8) is 0 Å². The van der Waals surface area contributed by atoms with Gasteiger partial charge < -0.3 is 5.11 Å². The Labute approximate surface area is 102 Å². The molecule has 0 bridgehead atoms. The van der Waals surface area contributed by atoms with Crippen molar-refractivity contribution in [1.82, 2.24) is 15.2 Å². The summed E-state index contributed by atoms with van der Waals surface area (Å²) in [5.41, 5.74) is -0.0875. The van der Waals surface area contributed by atoms with Gasteiger partial charge in [-0.25, -0.2) is 9.78 Å². The van der Waals surface area contributed by atoms with E-state index in [1.54, 1.807) is 0 Å². The summed E-state index contributed by atoms with van der Waals surface area (Å²) in [5, 5.41) is 14.4. The van der Waals surface area contributed by atoms with Crippen LogP contribution in [0.2, 0.25) is 0 Å². The van der Waals surface area contributed by atoms with Crippen LogP contribution < -0.4 is 4.72 Å². The van der Waals surface area contributed by atoms with E-state index in [1.165, 1.54) is 12.3 Å². The van der Waals surface area contributed by atoms with Crippen LogP contribution in [0.4, 0.5) is 5.82 Å². The second kappa shape index (κ2) is 4.45. The van der Waals surface area contributed by atoms with E-state index in [-0.39, 0.29) is 16.4 Å². The van der Waals surface area contributed by atoms with Crippen LogP contribution in [0.3, 0.4) is 0 Å². The number of nitrogens with zero attached hydrogens (tertiary/aromatic N) is 2. The first-order chi connectivity index (χ1) is 8.49. The van der Waals surface area contributed by atoms with Gasteiger partial charge in [-0.05, 0) is 12.1 Å². The topological polar surface area (TPSA) is 125 Å². The number of sulfonamides is 1. The molecule has 0 aliphatic heterocycles. The number of carboxylic acids is 1. The first kappa shape index (κ1) is 12.0. The van der Waals surface area contributed by atoms with Crippen LogP contribution in [0.25, 0.3) is 0 Å². The quantitative estimate of drug-likeness (QED) is 0.732. The number of carboxylic acid groups (broad SMARTS) is 1. The highest BCUT2D eigenvalue weighted by atomic mass is 32.2. The number of pyridine rings is 1. The number of aromatic amines is 1. The molecule has 0 radical (unpaired) electrons. The lowest BCUT2D eigenvalue weighted by atomic mass is 10.3. The zero-order valence-corrected chi connectivity index (χ0v) is 9.68. The number of aromatic carboxylic acids is 1. The molecule has 0 aromatic carbocycles. The standard InChI is InChI=1S/C9H8N4O4S/c14-9(15)6-1-2-8(10-5-6)18(16,17)13-7-3-4-11-12-7/h1-5H,(H,14,15)(H2,11,12,13). The Balaban J connectivity index is 2.27. The third kappa shape index (κ3) is 2.46. The van der Waals surface area contributed by atoms with Crippen LogP contribution in [-0.4, -0.2) is 34.7 Å². The van der Waals surface area contributed by atoms with Gasteiger partial charge in [-0.3, -0.25) is 9.82 Å². The molecule has 0 amide bonds. The van der Waals surface area contributed by atoms with Gasteiger partial charge in [0, 0.05) is 12.3 Å². The lowest BCUT2D eigenvalue weighted by Crippen LogP contribution is -2.15. The Bertz CT molecular complexity index is 648. The second-order valence-electron chi connectivity index (χ2n) is 3.27. The summed E-state index contributed by atoms with van der Waals surface area (Å²) in [7, 11) is -3.85. The fourth-order valence-corrected chi connectivity index (χ4v) is 2.12. The normalized spacial score (nSPS) is 11.1. The molecule has 0 saturated carbocycles. The van der Waals surface area contributed by atoms with Crippen LogP contribution >= 0.6 is 0 Å². The van der Waals surface area contributed by atoms with Crippen molar-refractivity contribution in [2.75, 3.05) is 4.72 Å². The zero-order chi connectivity index (χ0) is 13.2. The van der Waals surface area contributed by atoms with Crippen molar-refractivity contribution in [2.24, 2.45) is 0 Å². The van der Waals surface area contributed by atoms with Gasteiger partial charge in [0.1, 0.15) is 5.82 Å². The number of nitrogens with one attached hydrogen (secondary N) is 2. The molecule has 0 unspecified atom stereocenters. The SMILES string of the molecule is O=C(O)c1ccc(S(=O)(=O)Nc2ccn[nH]2)nc1. The molecule has 94 valence electrons. The fourth-order valence-electron chi connectivity index (χ4n) is 1.18. The number of H-pyrrole nitrogens is 1. The molecule has 2 heterocycles. The van der Waals surface area contributed by atoms with E-state index in [2.05, 4.69) is 19.9 Å². The maximum Gasteiger partial charge on any atom is 0.337 e. The molecule has 2 rings (SSSR count). The van der Waals surface area contributed by atoms with Gasteiger partial charge in [0.2, 0.25) is 0 Å². The van der Waals surface area contributed by atoms with E-state index in [0.717, 1.165) is 18.3 Å². The summed E-state index contributed by atoms with van der Waals surface area (Å²) in [5.74, 6) is -0.980. The molecule has 0 atom stereocenters. The van der Waals surface area contributed by atoms with Crippen molar-refractivity contribution >= 4 is 21.8 Å². The molecule has 2 aromatic heterocycles. The summed E-state index contributed by atoms with van der Waals surface area (Å²) in [4.78, 5) is 14.2. The van der Waals surface area contributed by atoms with Crippen LogP contribution in [0.5, 0.6) is 0 Å². The van der Waals surface area contributed by atoms with E-state index in [9.17, 15) is 13.2 Å². The lowest BCUT2D eigenvalue weighted by molar-refractivity contribution is 0.0696. The highest BCUT2D eigenvalue weighted by Gasteiger charge is 2.17. The Morgan fingerprint density at radius 2 is 2.11 bits per heavy atom. The zero-order valence-electron chi connectivity index (χ0n) is 8.86. The second-order valence-corrected chi connectivity index (χ2v) is 4.90. The first-order valence-electron chi connectivity index (χ1n) is 4.70. The van der Waals surface area contributed by atoms with Crippen molar-refractivity contribution in [3.8, 4) is 0 Å². The summed E-state index contributed by atoms with van der Waals surface area (Å²) in [6.45, 7) is 0. The molecule has 8 nitrogen and oxygen atoms in total. The third-order valence-electron chi connectivity index (χ3n) is 2.00. The van der Waals surface area contributed by atoms with E-state index in [4.69, 9.17) is 5.11 Å². The van der Waals surface area contributed by atoms with Gasteiger partial charge in [0.15, 0.2) is 5.03 Å². The Hall–Kier alpha value is -2.42. The third-order valence-corrected chi connectivity index (χ3v) is 3.28. The van der Waals surface area contributed by atoms with Crippen molar-refractivity contribution < 1.29 is 18.3 Å². The minimum Gasteiger partial charge on any atom is -0.478 e. The van der Waals surface area contributed by atoms with Crippen molar-refractivity contribution in [2.45, 2.75) is 5.03 Å². The lowest BCUT2D eigenvalue weighted by Gasteiger charge is -2.04. The Morgan fingerprint density at radius 3 is 2.61 bits per heavy atom. The fraction of sp³-hybridized carbons (Fsp3) is 0. The molecule has 2 aromatic rings. The largest absolute Gasteiger partial charge is 0.478 e. The van der Waals surface area contributed by atoms with Gasteiger partial charge in [-0.2, -0.15) is 13.5 Å². The van der Waals surface area contributed by atoms with Gasteiger partial charge in [-0.15, -0.1) is 0 Å². The maximum absolute atomic E-state index is 11.8. The number of hydrogen-bond acceptors (Lipinski definition) is 5. The number of hydrogen-bond donors (Lipinski definition) is 3. The highest BCUT2D eigenvalue weighted by molar-refractivity contribution is 7.92. The minimum absolute atomic E-state index is 0.0875. The van der Waals surface area contributed by atoms with Crippen molar-refractivity contribution in [3.05, 3.63) is 36.2 Å². The molecule has 0 saturated heterocycles. The average molecular weight is 268 g/mol. The molecule has 0 aliphatic carbocycles. The van der Waals surface area contributed by atoms with Gasteiger partial charge in [0.05, 0.1) is 11.8 Å². The molecule has 3 N–H and O–H groups in total. The summed E-state index contributed by atoms with van der Waals surface area (Å²) in [6.07, 6.45) is 2.36. The maximum atomic E-state index is 11.8. The predicted octanol–water partition coefficient (Wildman–Crippen LogP) is 0.304. The smallest absolute Gasteiger partial charge is 0.337 e. The predicted molar refractivity (Wildman–Crippen MR) is 60.6 cm³/mol. The van der Waals surface area contributed by atoms with Crippen LogP contribution in [0.15, 0.2) is 35.6 Å². The summed E-state index contributed by atoms with van der Waals surface area (Å²) in [6, 6.07) is 3.71. The summed E-state index contributed by atoms with van der Waals surface area (Å²) >= 11 is 0. The monoisotopic (exact) mass is 268 g/mol. The van der Waals surface area contributed by atoms with Gasteiger partial charge in [0.25, 0.3) is 10.0 Å². The molecule has 0 aliphatic rings. The molecular formula is C9H8N4O4S. The molecular weight excluding hydrogens is 260 g/mol. The number of anilines is 1. The van der Waals surface area contributed by atoms with Crippen LogP contribution in [-0.2, 0) is 10.0 Å². The molecule has 0 spiro atoms. The van der Waals surface area contributed by atoms with E-state index >= 15 is 0 Å². The van der Waals surface area contributed by atoms with Gasteiger partial charge >= 0.3 is 5.97 Å². The number of carbonyl (C=O) groups is 1. The van der Waals surface area contributed by atoms with Crippen LogP contribution in [0.1, 0.15) is 10.4 Å². The van der Waals surface area contributed by atoms with Crippen LogP contribution in [0, 0.1) is 0 Å². The summed E-state index contributed by atoms with van der Waals surface area (Å²) < 4.78 is 25.8. The number of rotatable bonds is 4. The number of aromatic nitrogens is 3. The van der Waals surface area contributed by atoms with Gasteiger partial charge in [-0.1, -0.05) is 0 Å². The molecule has 0 fully saturated rings. The molecule has 18 heavy (non-hydrogen) atoms. The van der Waals surface area contributed by atoms with E-state index in [0.29, 0.717) is 0 Å². The first-order valence-corrected chi connectivity index (χ1v) is 6.19. The Morgan fingerprint density at radius 1 is 1.33 bits per heavy atom. The van der Waals surface area contributed by atoms with E-state index in [1.807, 2.05) is 0 Å².